The summed E-state index contributed by atoms with van der Waals surface area (Å²) < 4.78 is 0. The van der Waals surface area contributed by atoms with E-state index in [1.165, 1.54) is 16.9 Å². The number of thiazole rings is 1. The van der Waals surface area contributed by atoms with E-state index in [1.807, 2.05) is 24.3 Å². The van der Waals surface area contributed by atoms with E-state index in [2.05, 4.69) is 39.4 Å². The first-order valence-electron chi connectivity index (χ1n) is 7.52. The van der Waals surface area contributed by atoms with E-state index in [9.17, 15) is 4.79 Å². The van der Waals surface area contributed by atoms with Crippen molar-refractivity contribution >= 4 is 34.0 Å². The Morgan fingerprint density at radius 1 is 1.12 bits per heavy atom. The van der Waals surface area contributed by atoms with Crippen molar-refractivity contribution in [1.29, 1.82) is 0 Å². The molecule has 7 heteroatoms. The molecule has 2 heterocycles. The molecular formula is C17H17N5OS. The fourth-order valence-electron chi connectivity index (χ4n) is 2.04. The Labute approximate surface area is 144 Å². The summed E-state index contributed by atoms with van der Waals surface area (Å²) in [5, 5.41) is 8.08. The van der Waals surface area contributed by atoms with E-state index in [-0.39, 0.29) is 5.91 Å². The maximum atomic E-state index is 12.3. The van der Waals surface area contributed by atoms with Crippen LogP contribution in [0.25, 0.3) is 0 Å². The van der Waals surface area contributed by atoms with E-state index < -0.39 is 0 Å². The molecule has 0 aliphatic heterocycles. The molecule has 2 N–H and O–H groups in total. The van der Waals surface area contributed by atoms with Gasteiger partial charge in [0.1, 0.15) is 5.69 Å². The van der Waals surface area contributed by atoms with Gasteiger partial charge in [-0.3, -0.25) is 4.79 Å². The molecule has 0 bridgehead atoms. The summed E-state index contributed by atoms with van der Waals surface area (Å²) in [6.45, 7) is 4.27. The number of anilines is 3. The SMILES string of the molecule is CC(C)c1ccc(NC(=O)c2csc(Nc3ncccn3)n2)cc1. The van der Waals surface area contributed by atoms with Crippen molar-refractivity contribution in [3.05, 3.63) is 59.4 Å². The van der Waals surface area contributed by atoms with Crippen LogP contribution in [0.15, 0.2) is 48.1 Å². The van der Waals surface area contributed by atoms with Crippen molar-refractivity contribution in [3.8, 4) is 0 Å². The van der Waals surface area contributed by atoms with Crippen LogP contribution in [0, 0.1) is 0 Å². The van der Waals surface area contributed by atoms with Crippen molar-refractivity contribution in [1.82, 2.24) is 15.0 Å². The van der Waals surface area contributed by atoms with Crippen LogP contribution < -0.4 is 10.6 Å². The lowest BCUT2D eigenvalue weighted by molar-refractivity contribution is 0.102. The van der Waals surface area contributed by atoms with Crippen LogP contribution in [0.4, 0.5) is 16.8 Å². The van der Waals surface area contributed by atoms with Gasteiger partial charge >= 0.3 is 0 Å². The number of carbonyl (C=O) groups excluding carboxylic acids is 1. The summed E-state index contributed by atoms with van der Waals surface area (Å²) in [4.78, 5) is 24.7. The van der Waals surface area contributed by atoms with Crippen molar-refractivity contribution in [2.45, 2.75) is 19.8 Å². The first-order chi connectivity index (χ1) is 11.6. The third kappa shape index (κ3) is 3.94. The van der Waals surface area contributed by atoms with Gasteiger partial charge in [-0.05, 0) is 29.7 Å². The first kappa shape index (κ1) is 16.1. The highest BCUT2D eigenvalue weighted by Gasteiger charge is 2.12. The number of benzene rings is 1. The Balaban J connectivity index is 1.65. The van der Waals surface area contributed by atoms with Crippen molar-refractivity contribution in [2.24, 2.45) is 0 Å². The number of carbonyl (C=O) groups is 1. The van der Waals surface area contributed by atoms with Gasteiger partial charge < -0.3 is 10.6 Å². The summed E-state index contributed by atoms with van der Waals surface area (Å²) in [7, 11) is 0. The molecule has 3 rings (SSSR count). The number of rotatable bonds is 5. The molecule has 0 atom stereocenters. The van der Waals surface area contributed by atoms with Crippen LogP contribution in [0.1, 0.15) is 35.8 Å². The van der Waals surface area contributed by atoms with Crippen LogP contribution in [0.2, 0.25) is 0 Å². The van der Waals surface area contributed by atoms with Gasteiger partial charge in [-0.15, -0.1) is 11.3 Å². The van der Waals surface area contributed by atoms with E-state index in [0.29, 0.717) is 22.7 Å². The molecule has 3 aromatic rings. The predicted molar refractivity (Wildman–Crippen MR) is 95.9 cm³/mol. The molecule has 6 nitrogen and oxygen atoms in total. The Morgan fingerprint density at radius 3 is 2.50 bits per heavy atom. The zero-order valence-corrected chi connectivity index (χ0v) is 14.2. The highest BCUT2D eigenvalue weighted by molar-refractivity contribution is 7.14. The third-order valence-corrected chi connectivity index (χ3v) is 4.11. The zero-order valence-electron chi connectivity index (χ0n) is 13.4. The molecule has 1 aromatic carbocycles. The maximum Gasteiger partial charge on any atom is 0.275 e. The maximum absolute atomic E-state index is 12.3. The predicted octanol–water partition coefficient (Wildman–Crippen LogP) is 4.05. The Kier molecular flexibility index (Phi) is 4.81. The smallest absolute Gasteiger partial charge is 0.275 e. The number of nitrogens with zero attached hydrogens (tertiary/aromatic N) is 3. The third-order valence-electron chi connectivity index (χ3n) is 3.36. The molecule has 0 radical (unpaired) electrons. The van der Waals surface area contributed by atoms with Crippen molar-refractivity contribution in [3.63, 3.8) is 0 Å². The molecule has 1 amide bonds. The topological polar surface area (TPSA) is 79.8 Å². The van der Waals surface area contributed by atoms with Crippen molar-refractivity contribution < 1.29 is 4.79 Å². The minimum atomic E-state index is -0.245. The molecule has 0 saturated carbocycles. The number of hydrogen-bond acceptors (Lipinski definition) is 6. The van der Waals surface area contributed by atoms with Gasteiger partial charge in [-0.2, -0.15) is 0 Å². The van der Waals surface area contributed by atoms with Crippen LogP contribution in [-0.2, 0) is 0 Å². The lowest BCUT2D eigenvalue weighted by atomic mass is 10.0. The lowest BCUT2D eigenvalue weighted by Gasteiger charge is -2.07. The van der Waals surface area contributed by atoms with E-state index in [1.54, 1.807) is 23.8 Å². The quantitative estimate of drug-likeness (QED) is 0.733. The normalized spacial score (nSPS) is 10.6. The lowest BCUT2D eigenvalue weighted by Crippen LogP contribution is -2.12. The molecule has 0 unspecified atom stereocenters. The molecule has 24 heavy (non-hydrogen) atoms. The molecule has 0 aliphatic rings. The summed E-state index contributed by atoms with van der Waals surface area (Å²) in [6, 6.07) is 9.56. The van der Waals surface area contributed by atoms with Crippen LogP contribution in [0.5, 0.6) is 0 Å². The first-order valence-corrected chi connectivity index (χ1v) is 8.40. The highest BCUT2D eigenvalue weighted by Crippen LogP contribution is 2.20. The number of aromatic nitrogens is 3. The Morgan fingerprint density at radius 2 is 1.83 bits per heavy atom. The van der Waals surface area contributed by atoms with Crippen molar-refractivity contribution in [2.75, 3.05) is 10.6 Å². The molecule has 0 saturated heterocycles. The van der Waals surface area contributed by atoms with Gasteiger partial charge in [0.05, 0.1) is 0 Å². The minimum absolute atomic E-state index is 0.245. The van der Waals surface area contributed by atoms with Crippen LogP contribution in [-0.4, -0.2) is 20.9 Å². The highest BCUT2D eigenvalue weighted by atomic mass is 32.1. The molecule has 0 aliphatic carbocycles. The van der Waals surface area contributed by atoms with Gasteiger partial charge in [0, 0.05) is 23.5 Å². The summed E-state index contributed by atoms with van der Waals surface area (Å²) in [5.74, 6) is 0.663. The average Bonchev–Trinajstić information content (AvgIpc) is 3.05. The zero-order chi connectivity index (χ0) is 16.9. The number of amides is 1. The molecule has 2 aromatic heterocycles. The van der Waals surface area contributed by atoms with Gasteiger partial charge in [0.2, 0.25) is 5.95 Å². The summed E-state index contributed by atoms with van der Waals surface area (Å²) in [6.07, 6.45) is 3.27. The number of nitrogens with one attached hydrogen (secondary N) is 2. The van der Waals surface area contributed by atoms with E-state index in [0.717, 1.165) is 5.69 Å². The molecular weight excluding hydrogens is 322 g/mol. The van der Waals surface area contributed by atoms with Gasteiger partial charge in [-0.1, -0.05) is 26.0 Å². The average molecular weight is 339 g/mol. The standard InChI is InChI=1S/C17H17N5OS/c1-11(2)12-4-6-13(7-5-12)20-15(23)14-10-24-17(21-14)22-16-18-8-3-9-19-16/h3-11H,1-2H3,(H,20,23)(H,18,19,21,22). The Bertz CT molecular complexity index is 815. The van der Waals surface area contributed by atoms with Gasteiger partial charge in [0.25, 0.3) is 5.91 Å². The van der Waals surface area contributed by atoms with Gasteiger partial charge in [-0.25, -0.2) is 15.0 Å². The van der Waals surface area contributed by atoms with E-state index >= 15 is 0 Å². The fourth-order valence-corrected chi connectivity index (χ4v) is 2.73. The van der Waals surface area contributed by atoms with E-state index in [4.69, 9.17) is 0 Å². The molecule has 0 spiro atoms. The Hall–Kier alpha value is -2.80. The monoisotopic (exact) mass is 339 g/mol. The second kappa shape index (κ2) is 7.18. The fraction of sp³-hybridized carbons (Fsp3) is 0.176. The van der Waals surface area contributed by atoms with Crippen LogP contribution >= 0.6 is 11.3 Å². The summed E-state index contributed by atoms with van der Waals surface area (Å²) >= 11 is 1.33. The van der Waals surface area contributed by atoms with Gasteiger partial charge in [0.15, 0.2) is 5.13 Å². The molecule has 0 fully saturated rings. The molecule has 122 valence electrons. The second-order valence-corrected chi connectivity index (χ2v) is 6.32. The second-order valence-electron chi connectivity index (χ2n) is 5.47. The minimum Gasteiger partial charge on any atom is -0.321 e. The number of hydrogen-bond donors (Lipinski definition) is 2. The van der Waals surface area contributed by atoms with Crippen LogP contribution in [0.3, 0.4) is 0 Å². The largest absolute Gasteiger partial charge is 0.321 e. The summed E-state index contributed by atoms with van der Waals surface area (Å²) in [5.41, 5.74) is 2.33.